The van der Waals surface area contributed by atoms with Crippen molar-refractivity contribution in [3.05, 3.63) is 100.0 Å². The van der Waals surface area contributed by atoms with Crippen LogP contribution in [0.25, 0.3) is 6.08 Å². The highest BCUT2D eigenvalue weighted by Gasteiger charge is 2.36. The van der Waals surface area contributed by atoms with Crippen LogP contribution in [-0.4, -0.2) is 28.5 Å². The molecule has 1 aliphatic rings. The Morgan fingerprint density at radius 2 is 1.71 bits per heavy atom. The molecule has 7 heteroatoms. The van der Waals surface area contributed by atoms with Crippen molar-refractivity contribution in [1.29, 1.82) is 0 Å². The third kappa shape index (κ3) is 5.94. The van der Waals surface area contributed by atoms with Crippen LogP contribution in [0.4, 0.5) is 10.5 Å². The second kappa shape index (κ2) is 10.4. The van der Waals surface area contributed by atoms with Gasteiger partial charge in [0.25, 0.3) is 11.1 Å². The minimum Gasteiger partial charge on any atom is -0.489 e. The first-order chi connectivity index (χ1) is 16.4. The van der Waals surface area contributed by atoms with Gasteiger partial charge < -0.3 is 10.1 Å². The Bertz CT molecular complexity index is 1250. The van der Waals surface area contributed by atoms with Gasteiger partial charge in [-0.1, -0.05) is 59.7 Å². The lowest BCUT2D eigenvalue weighted by Gasteiger charge is -2.12. The fraction of sp³-hybridized carbons (Fsp3) is 0.148. The molecule has 3 amide bonds. The van der Waals surface area contributed by atoms with Crippen molar-refractivity contribution in [2.75, 3.05) is 11.9 Å². The number of hydrogen-bond donors (Lipinski definition) is 1. The Kier molecular flexibility index (Phi) is 7.13. The molecule has 1 N–H and O–H groups in total. The lowest BCUT2D eigenvalue weighted by molar-refractivity contribution is -0.127. The number of anilines is 1. The molecule has 6 nitrogen and oxygen atoms in total. The molecule has 0 aliphatic carbocycles. The van der Waals surface area contributed by atoms with Crippen molar-refractivity contribution in [3.63, 3.8) is 0 Å². The maximum absolute atomic E-state index is 12.7. The molecule has 0 spiro atoms. The Morgan fingerprint density at radius 1 is 0.971 bits per heavy atom. The summed E-state index contributed by atoms with van der Waals surface area (Å²) < 4.78 is 5.83. The molecule has 1 heterocycles. The zero-order valence-electron chi connectivity index (χ0n) is 18.9. The number of amides is 3. The van der Waals surface area contributed by atoms with Gasteiger partial charge in [-0.2, -0.15) is 0 Å². The molecule has 1 aliphatic heterocycles. The summed E-state index contributed by atoms with van der Waals surface area (Å²) in [6.07, 6.45) is 1.65. The van der Waals surface area contributed by atoms with E-state index < -0.39 is 17.1 Å². The average molecular weight is 473 g/mol. The number of carbonyl (C=O) groups is 3. The van der Waals surface area contributed by atoms with E-state index >= 15 is 0 Å². The smallest absolute Gasteiger partial charge is 0.294 e. The van der Waals surface area contributed by atoms with Gasteiger partial charge in [0.2, 0.25) is 5.91 Å². The summed E-state index contributed by atoms with van der Waals surface area (Å²) in [5.41, 5.74) is 4.71. The van der Waals surface area contributed by atoms with Gasteiger partial charge in [0, 0.05) is 5.69 Å². The zero-order chi connectivity index (χ0) is 24.1. The van der Waals surface area contributed by atoms with E-state index in [-0.39, 0.29) is 11.4 Å². The highest BCUT2D eigenvalue weighted by Crippen LogP contribution is 2.32. The summed E-state index contributed by atoms with van der Waals surface area (Å²) in [5.74, 6) is -0.198. The van der Waals surface area contributed by atoms with Crippen molar-refractivity contribution in [3.8, 4) is 5.75 Å². The van der Waals surface area contributed by atoms with E-state index in [0.717, 1.165) is 33.4 Å². The third-order valence-corrected chi connectivity index (χ3v) is 6.08. The van der Waals surface area contributed by atoms with Crippen molar-refractivity contribution in [2.45, 2.75) is 20.5 Å². The van der Waals surface area contributed by atoms with Crippen LogP contribution < -0.4 is 10.1 Å². The number of benzene rings is 3. The Balaban J connectivity index is 1.35. The van der Waals surface area contributed by atoms with Crippen molar-refractivity contribution >= 4 is 40.6 Å². The highest BCUT2D eigenvalue weighted by molar-refractivity contribution is 8.18. The summed E-state index contributed by atoms with van der Waals surface area (Å²) in [6.45, 7) is 4.12. The van der Waals surface area contributed by atoms with Gasteiger partial charge in [-0.25, -0.2) is 0 Å². The highest BCUT2D eigenvalue weighted by atomic mass is 32.2. The van der Waals surface area contributed by atoms with E-state index in [0.29, 0.717) is 18.0 Å². The molecule has 1 saturated heterocycles. The van der Waals surface area contributed by atoms with Gasteiger partial charge in [-0.3, -0.25) is 19.3 Å². The molecule has 0 saturated carbocycles. The molecular formula is C27H24N2O4S. The largest absolute Gasteiger partial charge is 0.489 e. The molecule has 0 radical (unpaired) electrons. The van der Waals surface area contributed by atoms with Crippen LogP contribution in [0.3, 0.4) is 0 Å². The van der Waals surface area contributed by atoms with Crippen LogP contribution in [-0.2, 0) is 16.2 Å². The fourth-order valence-electron chi connectivity index (χ4n) is 3.40. The molecule has 34 heavy (non-hydrogen) atoms. The van der Waals surface area contributed by atoms with Gasteiger partial charge in [0.05, 0.1) is 4.91 Å². The summed E-state index contributed by atoms with van der Waals surface area (Å²) in [6, 6.07) is 22.7. The quantitative estimate of drug-likeness (QED) is 0.456. The lowest BCUT2D eigenvalue weighted by atomic mass is 10.1. The summed E-state index contributed by atoms with van der Waals surface area (Å²) in [7, 11) is 0. The van der Waals surface area contributed by atoms with Gasteiger partial charge in [0.15, 0.2) is 0 Å². The molecule has 3 aromatic rings. The molecule has 0 bridgehead atoms. The van der Waals surface area contributed by atoms with E-state index in [9.17, 15) is 14.4 Å². The summed E-state index contributed by atoms with van der Waals surface area (Å²) in [4.78, 5) is 38.6. The van der Waals surface area contributed by atoms with Crippen LogP contribution >= 0.6 is 11.8 Å². The Hall–Kier alpha value is -3.84. The minimum absolute atomic E-state index is 0.279. The Labute approximate surface area is 202 Å². The molecule has 0 aromatic heterocycles. The van der Waals surface area contributed by atoms with Crippen LogP contribution in [0.2, 0.25) is 0 Å². The molecule has 172 valence electrons. The van der Waals surface area contributed by atoms with Gasteiger partial charge in [0.1, 0.15) is 18.9 Å². The number of nitrogens with zero attached hydrogens (tertiary/aromatic N) is 1. The van der Waals surface area contributed by atoms with Crippen molar-refractivity contribution in [1.82, 2.24) is 4.90 Å². The second-order valence-corrected chi connectivity index (χ2v) is 9.02. The van der Waals surface area contributed by atoms with E-state index in [1.807, 2.05) is 68.4 Å². The summed E-state index contributed by atoms with van der Waals surface area (Å²) >= 11 is 0.827. The standard InChI is InChI=1S/C27H24N2O4S/c1-18-6-10-22(11-7-18)28-25(30)16-29-26(31)24(34-27(29)32)15-20-8-12-23(13-9-20)33-17-21-5-3-4-19(2)14-21/h3-15H,16-17H2,1-2H3,(H,28,30)/b24-15+. The van der Waals surface area contributed by atoms with Gasteiger partial charge in [-0.05, 0) is 67.1 Å². The first-order valence-corrected chi connectivity index (χ1v) is 11.6. The van der Waals surface area contributed by atoms with Crippen molar-refractivity contribution < 1.29 is 19.1 Å². The van der Waals surface area contributed by atoms with Gasteiger partial charge in [-0.15, -0.1) is 0 Å². The number of carbonyl (C=O) groups excluding carboxylic acids is 3. The fourth-order valence-corrected chi connectivity index (χ4v) is 4.24. The average Bonchev–Trinajstić information content (AvgIpc) is 3.07. The molecule has 3 aromatic carbocycles. The maximum Gasteiger partial charge on any atom is 0.294 e. The minimum atomic E-state index is -0.478. The van der Waals surface area contributed by atoms with E-state index in [1.165, 1.54) is 5.56 Å². The van der Waals surface area contributed by atoms with Crippen LogP contribution in [0.5, 0.6) is 5.75 Å². The first kappa shape index (κ1) is 23.3. The van der Waals surface area contributed by atoms with E-state index in [2.05, 4.69) is 11.4 Å². The predicted molar refractivity (Wildman–Crippen MR) is 134 cm³/mol. The van der Waals surface area contributed by atoms with Crippen LogP contribution in [0, 0.1) is 13.8 Å². The van der Waals surface area contributed by atoms with Crippen molar-refractivity contribution in [2.24, 2.45) is 0 Å². The van der Waals surface area contributed by atoms with E-state index in [4.69, 9.17) is 4.74 Å². The molecular weight excluding hydrogens is 448 g/mol. The number of hydrogen-bond acceptors (Lipinski definition) is 5. The molecule has 0 unspecified atom stereocenters. The monoisotopic (exact) mass is 472 g/mol. The zero-order valence-corrected chi connectivity index (χ0v) is 19.7. The predicted octanol–water partition coefficient (Wildman–Crippen LogP) is 5.56. The van der Waals surface area contributed by atoms with Crippen LogP contribution in [0.1, 0.15) is 22.3 Å². The maximum atomic E-state index is 12.7. The normalized spacial score (nSPS) is 14.5. The molecule has 1 fully saturated rings. The summed E-state index contributed by atoms with van der Waals surface area (Å²) in [5, 5.41) is 2.24. The number of rotatable bonds is 7. The lowest BCUT2D eigenvalue weighted by Crippen LogP contribution is -2.36. The second-order valence-electron chi connectivity index (χ2n) is 8.03. The number of ether oxygens (including phenoxy) is 1. The number of imide groups is 1. The first-order valence-electron chi connectivity index (χ1n) is 10.8. The number of nitrogens with one attached hydrogen (secondary N) is 1. The van der Waals surface area contributed by atoms with E-state index in [1.54, 1.807) is 18.2 Å². The van der Waals surface area contributed by atoms with Gasteiger partial charge >= 0.3 is 0 Å². The Morgan fingerprint density at radius 3 is 2.41 bits per heavy atom. The topological polar surface area (TPSA) is 75.7 Å². The number of thioether (sulfide) groups is 1. The van der Waals surface area contributed by atoms with Crippen LogP contribution in [0.15, 0.2) is 77.7 Å². The molecule has 4 rings (SSSR count). The SMILES string of the molecule is Cc1ccc(NC(=O)CN2C(=O)S/C(=C/c3ccc(OCc4cccc(C)c4)cc3)C2=O)cc1. The third-order valence-electron chi connectivity index (χ3n) is 5.18. The molecule has 0 atom stereocenters. The number of aryl methyl sites for hydroxylation is 2.